The van der Waals surface area contributed by atoms with E-state index < -0.39 is 35.3 Å². The lowest BCUT2D eigenvalue weighted by Crippen LogP contribution is -2.25. The van der Waals surface area contributed by atoms with Crippen molar-refractivity contribution in [2.45, 2.75) is 83.2 Å². The van der Waals surface area contributed by atoms with Crippen LogP contribution in [0, 0.1) is 29.4 Å². The van der Waals surface area contributed by atoms with Gasteiger partial charge in [0, 0.05) is 0 Å². The molecular weight excluding hydrogens is 402 g/mol. The zero-order valence-electron chi connectivity index (χ0n) is 17.4. The van der Waals surface area contributed by atoms with Crippen LogP contribution >= 0.6 is 0 Å². The molecule has 30 heavy (non-hydrogen) atoms. The first-order valence-electron chi connectivity index (χ1n) is 11.1. The molecular formula is C24H30F6. The minimum Gasteiger partial charge on any atom is -0.206 e. The Hall–Kier alpha value is -1.46. The van der Waals surface area contributed by atoms with Gasteiger partial charge in [0.25, 0.3) is 0 Å². The van der Waals surface area contributed by atoms with Crippen LogP contribution in [-0.4, -0.2) is 6.18 Å². The minimum absolute atomic E-state index is 0.0367. The van der Waals surface area contributed by atoms with Crippen molar-refractivity contribution in [3.8, 4) is 0 Å². The van der Waals surface area contributed by atoms with Crippen LogP contribution in [0.3, 0.4) is 0 Å². The molecule has 168 valence electrons. The standard InChI is InChI=1S/C24H30F6/c1-2-3-15-4-6-16(7-5-15)17-8-10-18(11-9-17)19-12-20(25)23(21(26)13-19)22(27)14-24(28,29)30/h12-18H,2-11H2,1H3/b22-14-. The first-order valence-corrected chi connectivity index (χ1v) is 11.1. The second-order valence-electron chi connectivity index (χ2n) is 9.07. The summed E-state index contributed by atoms with van der Waals surface area (Å²) in [7, 11) is 0. The summed E-state index contributed by atoms with van der Waals surface area (Å²) in [5, 5.41) is 0. The van der Waals surface area contributed by atoms with E-state index in [1.807, 2.05) is 0 Å². The molecule has 0 bridgehead atoms. The van der Waals surface area contributed by atoms with Crippen molar-refractivity contribution < 1.29 is 26.3 Å². The van der Waals surface area contributed by atoms with E-state index in [1.165, 1.54) is 38.5 Å². The van der Waals surface area contributed by atoms with Crippen LogP contribution in [0.5, 0.6) is 0 Å². The predicted molar refractivity (Wildman–Crippen MR) is 107 cm³/mol. The molecule has 0 N–H and O–H groups in total. The first-order chi connectivity index (χ1) is 14.2. The highest BCUT2D eigenvalue weighted by molar-refractivity contribution is 5.61. The maximum atomic E-state index is 14.3. The average Bonchev–Trinajstić information content (AvgIpc) is 2.67. The second kappa shape index (κ2) is 9.78. The van der Waals surface area contributed by atoms with Crippen LogP contribution in [0.25, 0.3) is 5.83 Å². The van der Waals surface area contributed by atoms with Gasteiger partial charge in [0.05, 0.1) is 11.6 Å². The Morgan fingerprint density at radius 3 is 1.87 bits per heavy atom. The number of rotatable bonds is 5. The summed E-state index contributed by atoms with van der Waals surface area (Å²) in [5.74, 6) is -2.30. The normalized spacial score (nSPS) is 28.6. The maximum Gasteiger partial charge on any atom is 0.412 e. The molecule has 0 radical (unpaired) electrons. The van der Waals surface area contributed by atoms with E-state index in [-0.39, 0.29) is 5.92 Å². The fourth-order valence-electron chi connectivity index (χ4n) is 5.55. The Bertz CT molecular complexity index is 712. The Kier molecular flexibility index (Phi) is 7.56. The third kappa shape index (κ3) is 5.82. The molecule has 2 fully saturated rings. The monoisotopic (exact) mass is 432 g/mol. The van der Waals surface area contributed by atoms with Crippen molar-refractivity contribution in [2.75, 3.05) is 0 Å². The molecule has 0 heterocycles. The van der Waals surface area contributed by atoms with Gasteiger partial charge < -0.3 is 0 Å². The molecule has 2 aliphatic carbocycles. The zero-order valence-corrected chi connectivity index (χ0v) is 17.4. The zero-order chi connectivity index (χ0) is 21.9. The van der Waals surface area contributed by atoms with E-state index in [1.54, 1.807) is 0 Å². The summed E-state index contributed by atoms with van der Waals surface area (Å²) in [4.78, 5) is 0. The van der Waals surface area contributed by atoms with Gasteiger partial charge in [0.2, 0.25) is 0 Å². The summed E-state index contributed by atoms with van der Waals surface area (Å²) >= 11 is 0. The summed E-state index contributed by atoms with van der Waals surface area (Å²) < 4.78 is 79.2. The molecule has 1 aromatic carbocycles. The van der Waals surface area contributed by atoms with Crippen LogP contribution in [0.1, 0.15) is 88.2 Å². The molecule has 0 spiro atoms. The topological polar surface area (TPSA) is 0 Å². The third-order valence-electron chi connectivity index (χ3n) is 7.09. The fraction of sp³-hybridized carbons (Fsp3) is 0.667. The molecule has 0 saturated heterocycles. The summed E-state index contributed by atoms with van der Waals surface area (Å²) in [6.07, 6.45) is 5.60. The highest BCUT2D eigenvalue weighted by Crippen LogP contribution is 2.45. The van der Waals surface area contributed by atoms with Gasteiger partial charge in [-0.1, -0.05) is 32.6 Å². The van der Waals surface area contributed by atoms with Crippen LogP contribution in [0.4, 0.5) is 26.3 Å². The van der Waals surface area contributed by atoms with Crippen molar-refractivity contribution in [1.82, 2.24) is 0 Å². The average molecular weight is 432 g/mol. The molecule has 0 nitrogen and oxygen atoms in total. The van der Waals surface area contributed by atoms with Gasteiger partial charge in [-0.3, -0.25) is 0 Å². The summed E-state index contributed by atoms with van der Waals surface area (Å²) in [6, 6.07) is 2.01. The lowest BCUT2D eigenvalue weighted by Gasteiger charge is -2.38. The highest BCUT2D eigenvalue weighted by Gasteiger charge is 2.32. The highest BCUT2D eigenvalue weighted by atomic mass is 19.4. The summed E-state index contributed by atoms with van der Waals surface area (Å²) in [5.41, 5.74) is -0.827. The first kappa shape index (κ1) is 23.2. The Balaban J connectivity index is 1.62. The lowest BCUT2D eigenvalue weighted by atomic mass is 9.68. The number of benzene rings is 1. The molecule has 2 saturated carbocycles. The van der Waals surface area contributed by atoms with Gasteiger partial charge in [-0.15, -0.1) is 0 Å². The van der Waals surface area contributed by atoms with Crippen molar-refractivity contribution in [2.24, 2.45) is 17.8 Å². The predicted octanol–water partition coefficient (Wildman–Crippen LogP) is 8.72. The van der Waals surface area contributed by atoms with Gasteiger partial charge in [-0.05, 0) is 79.9 Å². The molecule has 0 aliphatic heterocycles. The van der Waals surface area contributed by atoms with Gasteiger partial charge in [-0.25, -0.2) is 13.2 Å². The quantitative estimate of drug-likeness (QED) is 0.408. The van der Waals surface area contributed by atoms with Crippen LogP contribution in [0.15, 0.2) is 18.2 Å². The van der Waals surface area contributed by atoms with Crippen molar-refractivity contribution >= 4 is 5.83 Å². The molecule has 2 aliphatic rings. The fourth-order valence-corrected chi connectivity index (χ4v) is 5.55. The molecule has 0 amide bonds. The van der Waals surface area contributed by atoms with E-state index in [4.69, 9.17) is 0 Å². The van der Waals surface area contributed by atoms with Gasteiger partial charge in [0.1, 0.15) is 17.5 Å². The van der Waals surface area contributed by atoms with Gasteiger partial charge >= 0.3 is 6.18 Å². The number of halogens is 6. The van der Waals surface area contributed by atoms with E-state index in [2.05, 4.69) is 6.92 Å². The smallest absolute Gasteiger partial charge is 0.206 e. The molecule has 6 heteroatoms. The minimum atomic E-state index is -4.98. The second-order valence-corrected chi connectivity index (χ2v) is 9.07. The van der Waals surface area contributed by atoms with Gasteiger partial charge in [0.15, 0.2) is 0 Å². The Morgan fingerprint density at radius 1 is 0.900 bits per heavy atom. The molecule has 1 aromatic rings. The largest absolute Gasteiger partial charge is 0.412 e. The SMILES string of the molecule is CCCC1CCC(C2CCC(c3cc(F)c(/C(F)=C/C(F)(F)F)c(F)c3)CC2)CC1. The maximum absolute atomic E-state index is 14.3. The van der Waals surface area contributed by atoms with Crippen LogP contribution < -0.4 is 0 Å². The Morgan fingerprint density at radius 2 is 1.40 bits per heavy atom. The lowest BCUT2D eigenvalue weighted by molar-refractivity contribution is -0.0798. The number of alkyl halides is 3. The molecule has 3 rings (SSSR count). The number of hydrogen-bond acceptors (Lipinski definition) is 0. The summed E-state index contributed by atoms with van der Waals surface area (Å²) in [6.45, 7) is 2.23. The molecule has 0 unspecified atom stereocenters. The Labute approximate surface area is 174 Å². The van der Waals surface area contributed by atoms with Crippen molar-refractivity contribution in [3.63, 3.8) is 0 Å². The van der Waals surface area contributed by atoms with Crippen molar-refractivity contribution in [1.29, 1.82) is 0 Å². The van der Waals surface area contributed by atoms with E-state index in [0.717, 1.165) is 49.7 Å². The van der Waals surface area contributed by atoms with E-state index in [9.17, 15) is 26.3 Å². The van der Waals surface area contributed by atoms with Crippen molar-refractivity contribution in [3.05, 3.63) is 41.0 Å². The van der Waals surface area contributed by atoms with Gasteiger partial charge in [-0.2, -0.15) is 13.2 Å². The van der Waals surface area contributed by atoms with E-state index >= 15 is 0 Å². The van der Waals surface area contributed by atoms with E-state index in [0.29, 0.717) is 11.5 Å². The molecule has 0 atom stereocenters. The van der Waals surface area contributed by atoms with Crippen LogP contribution in [-0.2, 0) is 0 Å². The number of allylic oxidation sites excluding steroid dienone is 1. The third-order valence-corrected chi connectivity index (χ3v) is 7.09. The molecule has 0 aromatic heterocycles. The van der Waals surface area contributed by atoms with Crippen LogP contribution in [0.2, 0.25) is 0 Å². The number of hydrogen-bond donors (Lipinski definition) is 0.